The third kappa shape index (κ3) is 2.36. The van der Waals surface area contributed by atoms with Gasteiger partial charge < -0.3 is 15.4 Å². The lowest BCUT2D eigenvalue weighted by molar-refractivity contribution is -0.121. The van der Waals surface area contributed by atoms with Gasteiger partial charge in [-0.15, -0.1) is 0 Å². The summed E-state index contributed by atoms with van der Waals surface area (Å²) < 4.78 is 6.09. The van der Waals surface area contributed by atoms with Crippen LogP contribution in [0.4, 0.5) is 5.69 Å². The van der Waals surface area contributed by atoms with Gasteiger partial charge in [-0.05, 0) is 18.2 Å². The summed E-state index contributed by atoms with van der Waals surface area (Å²) in [7, 11) is 1.59. The molecule has 0 bridgehead atoms. The fourth-order valence-electron chi connectivity index (χ4n) is 1.49. The van der Waals surface area contributed by atoms with Crippen LogP contribution in [0.25, 0.3) is 0 Å². The Kier molecular flexibility index (Phi) is 3.46. The van der Waals surface area contributed by atoms with Crippen LogP contribution in [0, 0.1) is 5.92 Å². The Morgan fingerprint density at radius 3 is 2.88 bits per heavy atom. The number of amides is 1. The minimum atomic E-state index is 0.0372. The van der Waals surface area contributed by atoms with Gasteiger partial charge in [0, 0.05) is 17.6 Å². The maximum absolute atomic E-state index is 11.8. The van der Waals surface area contributed by atoms with Crippen LogP contribution in [-0.4, -0.2) is 26.1 Å². The molecule has 16 heavy (non-hydrogen) atoms. The lowest BCUT2D eigenvalue weighted by Crippen LogP contribution is -2.48. The van der Waals surface area contributed by atoms with Crippen molar-refractivity contribution in [2.24, 2.45) is 5.92 Å². The van der Waals surface area contributed by atoms with E-state index in [9.17, 15) is 4.79 Å². The largest absolute Gasteiger partial charge is 0.495 e. The first kappa shape index (κ1) is 11.4. The van der Waals surface area contributed by atoms with Gasteiger partial charge in [0.2, 0.25) is 5.91 Å². The summed E-state index contributed by atoms with van der Waals surface area (Å²) in [6.45, 7) is 1.50. The number of ether oxygens (including phenoxy) is 1. The summed E-state index contributed by atoms with van der Waals surface area (Å²) in [4.78, 5) is 11.8. The third-order valence-corrected chi connectivity index (χ3v) is 3.06. The van der Waals surface area contributed by atoms with Gasteiger partial charge in [0.15, 0.2) is 0 Å². The second-order valence-electron chi connectivity index (χ2n) is 3.69. The number of carbonyl (C=O) groups excluding carboxylic acids is 1. The highest BCUT2D eigenvalue weighted by molar-refractivity contribution is 9.10. The summed E-state index contributed by atoms with van der Waals surface area (Å²) >= 11 is 3.36. The third-order valence-electron chi connectivity index (χ3n) is 2.57. The Balaban J connectivity index is 2.12. The Morgan fingerprint density at radius 1 is 1.56 bits per heavy atom. The van der Waals surface area contributed by atoms with Crippen molar-refractivity contribution in [3.63, 3.8) is 0 Å². The molecule has 0 atom stereocenters. The number of hydrogen-bond acceptors (Lipinski definition) is 3. The SMILES string of the molecule is COc1ccc(Br)cc1NC(=O)C1CNC1. The maximum atomic E-state index is 11.8. The van der Waals surface area contributed by atoms with Gasteiger partial charge >= 0.3 is 0 Å². The predicted molar refractivity (Wildman–Crippen MR) is 65.7 cm³/mol. The normalized spacial score (nSPS) is 15.4. The first-order valence-electron chi connectivity index (χ1n) is 5.06. The Labute approximate surface area is 102 Å². The molecule has 0 saturated carbocycles. The monoisotopic (exact) mass is 284 g/mol. The molecule has 0 aliphatic carbocycles. The quantitative estimate of drug-likeness (QED) is 0.887. The minimum absolute atomic E-state index is 0.0372. The fraction of sp³-hybridized carbons (Fsp3) is 0.364. The van der Waals surface area contributed by atoms with E-state index < -0.39 is 0 Å². The molecule has 1 aromatic rings. The summed E-state index contributed by atoms with van der Waals surface area (Å²) in [6.07, 6.45) is 0. The first-order chi connectivity index (χ1) is 7.70. The molecule has 4 nitrogen and oxygen atoms in total. The predicted octanol–water partition coefficient (Wildman–Crippen LogP) is 1.62. The highest BCUT2D eigenvalue weighted by Gasteiger charge is 2.25. The van der Waals surface area contributed by atoms with E-state index in [1.807, 2.05) is 18.2 Å². The average molecular weight is 285 g/mol. The molecule has 1 fully saturated rings. The number of carbonyl (C=O) groups is 1. The van der Waals surface area contributed by atoms with Gasteiger partial charge in [-0.1, -0.05) is 15.9 Å². The first-order valence-corrected chi connectivity index (χ1v) is 5.85. The molecule has 1 heterocycles. The van der Waals surface area contributed by atoms with E-state index in [4.69, 9.17) is 4.74 Å². The van der Waals surface area contributed by atoms with Crippen molar-refractivity contribution in [3.8, 4) is 5.75 Å². The molecule has 0 aromatic heterocycles. The van der Waals surface area contributed by atoms with E-state index in [0.717, 1.165) is 17.6 Å². The van der Waals surface area contributed by atoms with Crippen LogP contribution >= 0.6 is 15.9 Å². The van der Waals surface area contributed by atoms with Gasteiger partial charge in [-0.2, -0.15) is 0 Å². The molecule has 0 radical (unpaired) electrons. The van der Waals surface area contributed by atoms with Gasteiger partial charge in [0.05, 0.1) is 18.7 Å². The van der Waals surface area contributed by atoms with Crippen LogP contribution in [0.15, 0.2) is 22.7 Å². The number of nitrogens with one attached hydrogen (secondary N) is 2. The molecule has 1 saturated heterocycles. The lowest BCUT2D eigenvalue weighted by atomic mass is 10.0. The van der Waals surface area contributed by atoms with Crippen molar-refractivity contribution in [1.82, 2.24) is 5.32 Å². The molecule has 0 unspecified atom stereocenters. The van der Waals surface area contributed by atoms with E-state index in [-0.39, 0.29) is 11.8 Å². The van der Waals surface area contributed by atoms with Crippen LogP contribution in [0.1, 0.15) is 0 Å². The van der Waals surface area contributed by atoms with Gasteiger partial charge in [0.25, 0.3) is 0 Å². The van der Waals surface area contributed by atoms with Crippen LogP contribution < -0.4 is 15.4 Å². The Bertz CT molecular complexity index is 405. The molecular formula is C11H13BrN2O2. The average Bonchev–Trinajstić information content (AvgIpc) is 2.15. The summed E-state index contributed by atoms with van der Waals surface area (Å²) in [5.74, 6) is 0.780. The van der Waals surface area contributed by atoms with Crippen LogP contribution in [-0.2, 0) is 4.79 Å². The summed E-state index contributed by atoms with van der Waals surface area (Å²) in [5, 5.41) is 5.94. The van der Waals surface area contributed by atoms with Gasteiger partial charge in [0.1, 0.15) is 5.75 Å². The zero-order chi connectivity index (χ0) is 11.5. The van der Waals surface area contributed by atoms with Gasteiger partial charge in [-0.3, -0.25) is 4.79 Å². The molecule has 86 valence electrons. The van der Waals surface area contributed by atoms with E-state index >= 15 is 0 Å². The molecule has 2 rings (SSSR count). The number of methoxy groups -OCH3 is 1. The maximum Gasteiger partial charge on any atom is 0.230 e. The Hall–Kier alpha value is -1.07. The summed E-state index contributed by atoms with van der Waals surface area (Å²) in [6, 6.07) is 5.53. The van der Waals surface area contributed by atoms with E-state index in [2.05, 4.69) is 26.6 Å². The molecular weight excluding hydrogens is 272 g/mol. The molecule has 1 amide bonds. The highest BCUT2D eigenvalue weighted by atomic mass is 79.9. The van der Waals surface area contributed by atoms with Crippen LogP contribution in [0.5, 0.6) is 5.75 Å². The molecule has 1 aliphatic rings. The van der Waals surface area contributed by atoms with E-state index in [1.165, 1.54) is 0 Å². The second-order valence-corrected chi connectivity index (χ2v) is 4.60. The smallest absolute Gasteiger partial charge is 0.230 e. The highest BCUT2D eigenvalue weighted by Crippen LogP contribution is 2.28. The van der Waals surface area contributed by atoms with E-state index in [0.29, 0.717) is 11.4 Å². The Morgan fingerprint density at radius 2 is 2.31 bits per heavy atom. The van der Waals surface area contributed by atoms with Crippen molar-refractivity contribution in [1.29, 1.82) is 0 Å². The van der Waals surface area contributed by atoms with E-state index in [1.54, 1.807) is 7.11 Å². The number of benzene rings is 1. The van der Waals surface area contributed by atoms with Crippen molar-refractivity contribution < 1.29 is 9.53 Å². The zero-order valence-electron chi connectivity index (χ0n) is 8.92. The van der Waals surface area contributed by atoms with Crippen molar-refractivity contribution in [2.45, 2.75) is 0 Å². The molecule has 5 heteroatoms. The van der Waals surface area contributed by atoms with Crippen molar-refractivity contribution in [2.75, 3.05) is 25.5 Å². The number of halogens is 1. The summed E-state index contributed by atoms with van der Waals surface area (Å²) in [5.41, 5.74) is 0.703. The number of rotatable bonds is 3. The molecule has 2 N–H and O–H groups in total. The molecule has 1 aromatic carbocycles. The van der Waals surface area contributed by atoms with Crippen molar-refractivity contribution in [3.05, 3.63) is 22.7 Å². The van der Waals surface area contributed by atoms with Crippen LogP contribution in [0.3, 0.4) is 0 Å². The molecule has 1 aliphatic heterocycles. The fourth-order valence-corrected chi connectivity index (χ4v) is 1.85. The minimum Gasteiger partial charge on any atom is -0.495 e. The number of hydrogen-bond donors (Lipinski definition) is 2. The van der Waals surface area contributed by atoms with Crippen molar-refractivity contribution >= 4 is 27.5 Å². The topological polar surface area (TPSA) is 50.4 Å². The standard InChI is InChI=1S/C11H13BrN2O2/c1-16-10-3-2-8(12)4-9(10)14-11(15)7-5-13-6-7/h2-4,7,13H,5-6H2,1H3,(H,14,15). The zero-order valence-corrected chi connectivity index (χ0v) is 10.5. The number of anilines is 1. The molecule has 0 spiro atoms. The lowest BCUT2D eigenvalue weighted by Gasteiger charge is -2.26. The van der Waals surface area contributed by atoms with Crippen LogP contribution in [0.2, 0.25) is 0 Å². The van der Waals surface area contributed by atoms with Gasteiger partial charge in [-0.25, -0.2) is 0 Å². The second kappa shape index (κ2) is 4.84.